The fourth-order valence-electron chi connectivity index (χ4n) is 3.68. The van der Waals surface area contributed by atoms with Gasteiger partial charge in [-0.15, -0.1) is 0 Å². The molecule has 0 bridgehead atoms. The third-order valence-corrected chi connectivity index (χ3v) is 5.00. The van der Waals surface area contributed by atoms with Crippen LogP contribution in [0.4, 0.5) is 0 Å². The molecule has 1 aromatic heterocycles. The molecule has 0 saturated carbocycles. The largest absolute Gasteiger partial charge is 0.310 e. The van der Waals surface area contributed by atoms with Crippen molar-refractivity contribution >= 4 is 10.9 Å². The Bertz CT molecular complexity index is 931. The molecule has 4 rings (SSSR count). The Morgan fingerprint density at radius 3 is 2.88 bits per heavy atom. The van der Waals surface area contributed by atoms with Crippen molar-refractivity contribution < 1.29 is 0 Å². The molecule has 1 aliphatic carbocycles. The van der Waals surface area contributed by atoms with E-state index in [-0.39, 0.29) is 5.56 Å². The maximum Gasteiger partial charge on any atom is 0.258 e. The fraction of sp³-hybridized carbons (Fsp3) is 0.300. The number of H-pyrrole nitrogens is 1. The quantitative estimate of drug-likeness (QED) is 0.804. The lowest BCUT2D eigenvalue weighted by atomic mass is 10.1. The molecular formula is C20H21N3O. The summed E-state index contributed by atoms with van der Waals surface area (Å²) < 4.78 is 0. The molecule has 0 spiro atoms. The SMILES string of the molecule is CN(CCc1nc2ccccc2c(=O)[nH]1)[C@H]1CCc2ccccc21. The van der Waals surface area contributed by atoms with Gasteiger partial charge in [-0.05, 0) is 43.1 Å². The molecule has 1 atom stereocenters. The molecular weight excluding hydrogens is 298 g/mol. The smallest absolute Gasteiger partial charge is 0.258 e. The second-order valence-corrected chi connectivity index (χ2v) is 6.51. The molecule has 0 saturated heterocycles. The Morgan fingerprint density at radius 1 is 1.17 bits per heavy atom. The van der Waals surface area contributed by atoms with Crippen molar-refractivity contribution in [3.63, 3.8) is 0 Å². The van der Waals surface area contributed by atoms with Crippen LogP contribution < -0.4 is 5.56 Å². The Labute approximate surface area is 141 Å². The van der Waals surface area contributed by atoms with Crippen molar-refractivity contribution in [2.45, 2.75) is 25.3 Å². The van der Waals surface area contributed by atoms with Crippen molar-refractivity contribution in [1.29, 1.82) is 0 Å². The van der Waals surface area contributed by atoms with Crippen LogP contribution in [0.3, 0.4) is 0 Å². The van der Waals surface area contributed by atoms with E-state index in [4.69, 9.17) is 0 Å². The summed E-state index contributed by atoms with van der Waals surface area (Å²) in [5.41, 5.74) is 3.63. The van der Waals surface area contributed by atoms with Gasteiger partial charge in [0.05, 0.1) is 10.9 Å². The van der Waals surface area contributed by atoms with E-state index in [9.17, 15) is 4.79 Å². The summed E-state index contributed by atoms with van der Waals surface area (Å²) in [6, 6.07) is 16.7. The van der Waals surface area contributed by atoms with Crippen molar-refractivity contribution in [3.05, 3.63) is 75.8 Å². The molecule has 2 aromatic carbocycles. The molecule has 24 heavy (non-hydrogen) atoms. The zero-order valence-corrected chi connectivity index (χ0v) is 13.8. The lowest BCUT2D eigenvalue weighted by Gasteiger charge is -2.25. The summed E-state index contributed by atoms with van der Waals surface area (Å²) >= 11 is 0. The maximum absolute atomic E-state index is 12.2. The number of para-hydroxylation sites is 1. The fourth-order valence-corrected chi connectivity index (χ4v) is 3.68. The molecule has 122 valence electrons. The van der Waals surface area contributed by atoms with Gasteiger partial charge in [0, 0.05) is 19.0 Å². The van der Waals surface area contributed by atoms with E-state index in [2.05, 4.69) is 46.2 Å². The molecule has 0 fully saturated rings. The summed E-state index contributed by atoms with van der Waals surface area (Å²) in [4.78, 5) is 22.0. The first-order chi connectivity index (χ1) is 11.7. The van der Waals surface area contributed by atoms with Crippen LogP contribution in [-0.4, -0.2) is 28.5 Å². The van der Waals surface area contributed by atoms with E-state index >= 15 is 0 Å². The molecule has 1 N–H and O–H groups in total. The topological polar surface area (TPSA) is 49.0 Å². The molecule has 0 unspecified atom stereocenters. The Morgan fingerprint density at radius 2 is 1.96 bits per heavy atom. The minimum Gasteiger partial charge on any atom is -0.310 e. The predicted molar refractivity (Wildman–Crippen MR) is 96.2 cm³/mol. The number of aromatic nitrogens is 2. The highest BCUT2D eigenvalue weighted by Gasteiger charge is 2.25. The molecule has 4 heteroatoms. The van der Waals surface area contributed by atoms with Crippen LogP contribution in [0.1, 0.15) is 29.4 Å². The Hall–Kier alpha value is -2.46. The van der Waals surface area contributed by atoms with E-state index in [0.717, 1.165) is 37.1 Å². The second-order valence-electron chi connectivity index (χ2n) is 6.51. The predicted octanol–water partition coefficient (Wildman–Crippen LogP) is 3.08. The summed E-state index contributed by atoms with van der Waals surface area (Å²) in [6.07, 6.45) is 3.06. The van der Waals surface area contributed by atoms with E-state index in [1.165, 1.54) is 11.1 Å². The molecule has 0 radical (unpaired) electrons. The van der Waals surface area contributed by atoms with Gasteiger partial charge >= 0.3 is 0 Å². The minimum atomic E-state index is -0.0514. The van der Waals surface area contributed by atoms with Crippen molar-refractivity contribution in [2.24, 2.45) is 0 Å². The van der Waals surface area contributed by atoms with Crippen LogP contribution in [-0.2, 0) is 12.8 Å². The van der Waals surface area contributed by atoms with E-state index < -0.39 is 0 Å². The first-order valence-corrected chi connectivity index (χ1v) is 8.48. The van der Waals surface area contributed by atoms with E-state index in [1.54, 1.807) is 0 Å². The van der Waals surface area contributed by atoms with Gasteiger partial charge in [-0.2, -0.15) is 0 Å². The van der Waals surface area contributed by atoms with Gasteiger partial charge in [-0.3, -0.25) is 9.69 Å². The number of nitrogens with one attached hydrogen (secondary N) is 1. The first kappa shape index (κ1) is 15.1. The summed E-state index contributed by atoms with van der Waals surface area (Å²) in [5.74, 6) is 0.761. The van der Waals surface area contributed by atoms with Gasteiger partial charge in [0.1, 0.15) is 5.82 Å². The molecule has 3 aromatic rings. The normalized spacial score (nSPS) is 16.7. The number of fused-ring (bicyclic) bond motifs is 2. The van der Waals surface area contributed by atoms with Crippen LogP contribution >= 0.6 is 0 Å². The molecule has 4 nitrogen and oxygen atoms in total. The van der Waals surface area contributed by atoms with Crippen molar-refractivity contribution in [3.8, 4) is 0 Å². The average molecular weight is 319 g/mol. The molecule has 0 aliphatic heterocycles. The highest BCUT2D eigenvalue weighted by Crippen LogP contribution is 2.34. The van der Waals surface area contributed by atoms with Gasteiger partial charge in [0.25, 0.3) is 5.56 Å². The summed E-state index contributed by atoms with van der Waals surface area (Å²) in [7, 11) is 2.16. The number of benzene rings is 2. The average Bonchev–Trinajstić information content (AvgIpc) is 3.04. The minimum absolute atomic E-state index is 0.0514. The zero-order chi connectivity index (χ0) is 16.5. The zero-order valence-electron chi connectivity index (χ0n) is 13.8. The number of nitrogens with zero attached hydrogens (tertiary/aromatic N) is 2. The number of likely N-dealkylation sites (N-methyl/N-ethyl adjacent to an activating group) is 1. The van der Waals surface area contributed by atoms with Gasteiger partial charge in [-0.1, -0.05) is 36.4 Å². The second kappa shape index (κ2) is 6.21. The van der Waals surface area contributed by atoms with Gasteiger partial charge in [0.15, 0.2) is 0 Å². The summed E-state index contributed by atoms with van der Waals surface area (Å²) in [6.45, 7) is 0.875. The monoisotopic (exact) mass is 319 g/mol. The van der Waals surface area contributed by atoms with E-state index in [0.29, 0.717) is 11.4 Å². The molecule has 1 heterocycles. The number of hydrogen-bond acceptors (Lipinski definition) is 3. The van der Waals surface area contributed by atoms with Crippen LogP contribution in [0.2, 0.25) is 0 Å². The van der Waals surface area contributed by atoms with Crippen LogP contribution in [0.25, 0.3) is 10.9 Å². The number of rotatable bonds is 4. The maximum atomic E-state index is 12.2. The lowest BCUT2D eigenvalue weighted by Crippen LogP contribution is -2.26. The van der Waals surface area contributed by atoms with Crippen molar-refractivity contribution in [2.75, 3.05) is 13.6 Å². The van der Waals surface area contributed by atoms with Gasteiger partial charge in [0.2, 0.25) is 0 Å². The van der Waals surface area contributed by atoms with Gasteiger partial charge < -0.3 is 4.98 Å². The Balaban J connectivity index is 1.50. The standard InChI is InChI=1S/C20H21N3O/c1-23(18-11-10-14-6-2-3-7-15(14)18)13-12-19-21-17-9-5-4-8-16(17)20(24)22-19/h2-9,18H,10-13H2,1H3,(H,21,22,24)/t18-/m0/s1. The number of hydrogen-bond donors (Lipinski definition) is 1. The third-order valence-electron chi connectivity index (χ3n) is 5.00. The summed E-state index contributed by atoms with van der Waals surface area (Å²) in [5, 5.41) is 0.652. The first-order valence-electron chi connectivity index (χ1n) is 8.48. The van der Waals surface area contributed by atoms with Crippen LogP contribution in [0, 0.1) is 0 Å². The van der Waals surface area contributed by atoms with Gasteiger partial charge in [-0.25, -0.2) is 4.98 Å². The van der Waals surface area contributed by atoms with E-state index in [1.807, 2.05) is 24.3 Å². The van der Waals surface area contributed by atoms with Crippen LogP contribution in [0.15, 0.2) is 53.3 Å². The third kappa shape index (κ3) is 2.74. The van der Waals surface area contributed by atoms with Crippen LogP contribution in [0.5, 0.6) is 0 Å². The van der Waals surface area contributed by atoms with Crippen molar-refractivity contribution in [1.82, 2.24) is 14.9 Å². The highest BCUT2D eigenvalue weighted by molar-refractivity contribution is 5.77. The molecule has 1 aliphatic rings. The lowest BCUT2D eigenvalue weighted by molar-refractivity contribution is 0.246. The number of aromatic amines is 1. The highest BCUT2D eigenvalue weighted by atomic mass is 16.1. The molecule has 0 amide bonds. The number of aryl methyl sites for hydroxylation is 1. The Kier molecular flexibility index (Phi) is 3.90.